The third-order valence-corrected chi connectivity index (χ3v) is 6.87. The number of rotatable bonds is 10. The SMILES string of the molecule is C=CC(C)Cc1ccccc1C(O)(C(=C)/C=C\C(C)C(C)C)c1ccccc1-c1ccccc1. The molecule has 0 aliphatic rings. The first kappa shape index (κ1) is 25.5. The Labute approximate surface area is 206 Å². The average Bonchev–Trinajstić information content (AvgIpc) is 2.87. The third kappa shape index (κ3) is 5.48. The van der Waals surface area contributed by atoms with E-state index in [2.05, 4.69) is 71.2 Å². The topological polar surface area (TPSA) is 20.2 Å². The van der Waals surface area contributed by atoms with Gasteiger partial charge >= 0.3 is 0 Å². The van der Waals surface area contributed by atoms with E-state index in [1.807, 2.05) is 66.7 Å². The van der Waals surface area contributed by atoms with Gasteiger partial charge in [0.15, 0.2) is 0 Å². The van der Waals surface area contributed by atoms with Gasteiger partial charge in [0.1, 0.15) is 5.60 Å². The molecule has 0 aliphatic heterocycles. The Hall–Kier alpha value is -3.16. The van der Waals surface area contributed by atoms with E-state index in [1.165, 1.54) is 0 Å². The second-order valence-corrected chi connectivity index (χ2v) is 9.68. The Morgan fingerprint density at radius 2 is 1.44 bits per heavy atom. The van der Waals surface area contributed by atoms with Crippen molar-refractivity contribution < 1.29 is 5.11 Å². The van der Waals surface area contributed by atoms with Gasteiger partial charge in [-0.25, -0.2) is 0 Å². The largest absolute Gasteiger partial charge is 0.376 e. The van der Waals surface area contributed by atoms with Crippen molar-refractivity contribution in [3.63, 3.8) is 0 Å². The van der Waals surface area contributed by atoms with Crippen molar-refractivity contribution in [1.29, 1.82) is 0 Å². The normalized spacial score (nSPS) is 15.1. The highest BCUT2D eigenvalue weighted by atomic mass is 16.3. The Bertz CT molecular complexity index is 1140. The second kappa shape index (κ2) is 11.3. The van der Waals surface area contributed by atoms with Crippen molar-refractivity contribution in [1.82, 2.24) is 0 Å². The van der Waals surface area contributed by atoms with E-state index in [0.717, 1.165) is 34.2 Å². The maximum atomic E-state index is 12.7. The van der Waals surface area contributed by atoms with Gasteiger partial charge in [-0.3, -0.25) is 0 Å². The zero-order valence-electron chi connectivity index (χ0n) is 21.0. The lowest BCUT2D eigenvalue weighted by molar-refractivity contribution is 0.125. The summed E-state index contributed by atoms with van der Waals surface area (Å²) in [6.45, 7) is 17.2. The number of hydrogen-bond donors (Lipinski definition) is 1. The molecule has 0 aliphatic carbocycles. The molecular formula is C33H38O. The van der Waals surface area contributed by atoms with Crippen LogP contribution >= 0.6 is 0 Å². The van der Waals surface area contributed by atoms with Crippen LogP contribution in [-0.2, 0) is 12.0 Å². The van der Waals surface area contributed by atoms with E-state index in [-0.39, 0.29) is 0 Å². The maximum absolute atomic E-state index is 12.7. The molecule has 0 heterocycles. The summed E-state index contributed by atoms with van der Waals surface area (Å²) in [4.78, 5) is 0. The van der Waals surface area contributed by atoms with Crippen LogP contribution in [0.25, 0.3) is 11.1 Å². The summed E-state index contributed by atoms with van der Waals surface area (Å²) in [5, 5.41) is 12.7. The van der Waals surface area contributed by atoms with E-state index in [9.17, 15) is 5.11 Å². The van der Waals surface area contributed by atoms with Crippen LogP contribution < -0.4 is 0 Å². The Balaban J connectivity index is 2.26. The van der Waals surface area contributed by atoms with Crippen molar-refractivity contribution in [2.45, 2.75) is 39.7 Å². The quantitative estimate of drug-likeness (QED) is 0.243. The summed E-state index contributed by atoms with van der Waals surface area (Å²) in [6.07, 6.45) is 6.94. The van der Waals surface area contributed by atoms with Crippen LogP contribution in [0.5, 0.6) is 0 Å². The lowest BCUT2D eigenvalue weighted by atomic mass is 9.74. The van der Waals surface area contributed by atoms with Crippen molar-refractivity contribution in [2.75, 3.05) is 0 Å². The highest BCUT2D eigenvalue weighted by molar-refractivity contribution is 5.71. The van der Waals surface area contributed by atoms with Crippen LogP contribution in [0.3, 0.4) is 0 Å². The van der Waals surface area contributed by atoms with Gasteiger partial charge in [-0.1, -0.05) is 131 Å². The summed E-state index contributed by atoms with van der Waals surface area (Å²) in [7, 11) is 0. The van der Waals surface area contributed by atoms with Crippen LogP contribution in [-0.4, -0.2) is 5.11 Å². The van der Waals surface area contributed by atoms with Gasteiger partial charge in [-0.15, -0.1) is 6.58 Å². The van der Waals surface area contributed by atoms with Crippen molar-refractivity contribution >= 4 is 0 Å². The fourth-order valence-electron chi connectivity index (χ4n) is 4.25. The van der Waals surface area contributed by atoms with Crippen molar-refractivity contribution in [3.8, 4) is 11.1 Å². The Morgan fingerprint density at radius 1 is 0.853 bits per heavy atom. The molecule has 1 N–H and O–H groups in total. The van der Waals surface area contributed by atoms with E-state index >= 15 is 0 Å². The maximum Gasteiger partial charge on any atom is 0.140 e. The summed E-state index contributed by atoms with van der Waals surface area (Å²) < 4.78 is 0. The molecule has 0 radical (unpaired) electrons. The summed E-state index contributed by atoms with van der Waals surface area (Å²) in [5.41, 5.74) is 4.18. The molecule has 1 heteroatoms. The van der Waals surface area contributed by atoms with E-state index in [1.54, 1.807) is 0 Å². The van der Waals surface area contributed by atoms with E-state index in [4.69, 9.17) is 0 Å². The third-order valence-electron chi connectivity index (χ3n) is 6.87. The molecule has 3 rings (SSSR count). The Kier molecular flexibility index (Phi) is 8.47. The predicted octanol–water partition coefficient (Wildman–Crippen LogP) is 8.36. The van der Waals surface area contributed by atoms with Crippen LogP contribution in [0.4, 0.5) is 0 Å². The van der Waals surface area contributed by atoms with Crippen LogP contribution in [0, 0.1) is 17.8 Å². The smallest absolute Gasteiger partial charge is 0.140 e. The molecule has 0 fully saturated rings. The summed E-state index contributed by atoms with van der Waals surface area (Å²) in [5.74, 6) is 1.18. The fourth-order valence-corrected chi connectivity index (χ4v) is 4.25. The molecular weight excluding hydrogens is 412 g/mol. The first-order valence-electron chi connectivity index (χ1n) is 12.2. The summed E-state index contributed by atoms with van der Waals surface area (Å²) in [6, 6.07) is 26.6. The van der Waals surface area contributed by atoms with Gasteiger partial charge in [0.05, 0.1) is 0 Å². The first-order chi connectivity index (χ1) is 16.3. The molecule has 3 aromatic rings. The van der Waals surface area contributed by atoms with Gasteiger partial charge in [0.2, 0.25) is 0 Å². The lowest BCUT2D eigenvalue weighted by Gasteiger charge is -2.34. The fraction of sp³-hybridized carbons (Fsp3) is 0.273. The molecule has 3 aromatic carbocycles. The van der Waals surface area contributed by atoms with Gasteiger partial charge in [-0.05, 0) is 52.0 Å². The molecule has 0 spiro atoms. The number of allylic oxidation sites excluding steroid dienone is 2. The zero-order valence-corrected chi connectivity index (χ0v) is 21.0. The van der Waals surface area contributed by atoms with E-state index < -0.39 is 5.60 Å². The molecule has 0 aromatic heterocycles. The average molecular weight is 451 g/mol. The summed E-state index contributed by atoms with van der Waals surface area (Å²) >= 11 is 0. The molecule has 34 heavy (non-hydrogen) atoms. The minimum atomic E-state index is -1.38. The number of benzene rings is 3. The monoisotopic (exact) mass is 450 g/mol. The molecule has 0 bridgehead atoms. The van der Waals surface area contributed by atoms with Gasteiger partial charge in [0, 0.05) is 5.56 Å². The van der Waals surface area contributed by atoms with Gasteiger partial charge < -0.3 is 5.11 Å². The molecule has 3 atom stereocenters. The first-order valence-corrected chi connectivity index (χ1v) is 12.2. The molecule has 176 valence electrons. The van der Waals surface area contributed by atoms with Crippen LogP contribution in [0.1, 0.15) is 44.4 Å². The molecule has 3 unspecified atom stereocenters. The molecule has 1 nitrogen and oxygen atoms in total. The second-order valence-electron chi connectivity index (χ2n) is 9.68. The number of aliphatic hydroxyl groups is 1. The Morgan fingerprint density at radius 3 is 2.09 bits per heavy atom. The van der Waals surface area contributed by atoms with Crippen LogP contribution in [0.2, 0.25) is 0 Å². The van der Waals surface area contributed by atoms with Gasteiger partial charge in [-0.2, -0.15) is 0 Å². The minimum Gasteiger partial charge on any atom is -0.376 e. The lowest BCUT2D eigenvalue weighted by Crippen LogP contribution is -2.31. The predicted molar refractivity (Wildman–Crippen MR) is 147 cm³/mol. The standard InChI is InChI=1S/C33H38O/c1-7-25(4)23-29-17-11-13-19-31(29)33(34,27(6)22-21-26(5)24(2)3)32-20-14-12-18-30(32)28-15-9-8-10-16-28/h7-22,24-26,34H,1,6,23H2,2-5H3/b22-21-. The van der Waals surface area contributed by atoms with E-state index in [0.29, 0.717) is 23.3 Å². The zero-order chi connectivity index (χ0) is 24.7. The van der Waals surface area contributed by atoms with Crippen molar-refractivity contribution in [2.24, 2.45) is 17.8 Å². The molecule has 0 amide bonds. The van der Waals surface area contributed by atoms with Gasteiger partial charge in [0.25, 0.3) is 0 Å². The molecule has 0 saturated carbocycles. The highest BCUT2D eigenvalue weighted by Gasteiger charge is 2.37. The number of hydrogen-bond acceptors (Lipinski definition) is 1. The molecule has 0 saturated heterocycles. The minimum absolute atomic E-state index is 0.291. The van der Waals surface area contributed by atoms with Crippen LogP contribution in [0.15, 0.2) is 116 Å². The highest BCUT2D eigenvalue weighted by Crippen LogP contribution is 2.43. The van der Waals surface area contributed by atoms with Crippen molar-refractivity contribution in [3.05, 3.63) is 133 Å².